The average Bonchev–Trinajstić information content (AvgIpc) is 2.84. The molecule has 0 aromatic carbocycles. The van der Waals surface area contributed by atoms with Crippen LogP contribution >= 0.6 is 0 Å². The Morgan fingerprint density at radius 1 is 1.50 bits per heavy atom. The highest BCUT2D eigenvalue weighted by Gasteiger charge is 2.49. The van der Waals surface area contributed by atoms with Gasteiger partial charge in [0.1, 0.15) is 0 Å². The van der Waals surface area contributed by atoms with E-state index in [1.54, 1.807) is 0 Å². The zero-order valence-corrected chi connectivity index (χ0v) is 8.99. The van der Waals surface area contributed by atoms with Gasteiger partial charge in [0.05, 0.1) is 5.41 Å². The van der Waals surface area contributed by atoms with Gasteiger partial charge in [-0.2, -0.15) is 0 Å². The summed E-state index contributed by atoms with van der Waals surface area (Å²) < 4.78 is 0. The summed E-state index contributed by atoms with van der Waals surface area (Å²) in [6, 6.07) is 0.704. The van der Waals surface area contributed by atoms with Gasteiger partial charge in [-0.3, -0.25) is 9.69 Å². The average molecular weight is 197 g/mol. The van der Waals surface area contributed by atoms with Gasteiger partial charge in [-0.15, -0.1) is 0 Å². The number of carboxylic acids is 1. The van der Waals surface area contributed by atoms with Gasteiger partial charge in [0.25, 0.3) is 0 Å². The first-order valence-electron chi connectivity index (χ1n) is 5.54. The van der Waals surface area contributed by atoms with Gasteiger partial charge in [0.2, 0.25) is 0 Å². The Morgan fingerprint density at radius 2 is 2.14 bits per heavy atom. The second-order valence-electron chi connectivity index (χ2n) is 5.07. The van der Waals surface area contributed by atoms with E-state index < -0.39 is 11.4 Å². The minimum absolute atomic E-state index is 0.240. The Balaban J connectivity index is 2.10. The summed E-state index contributed by atoms with van der Waals surface area (Å²) in [6.07, 6.45) is 3.37. The van der Waals surface area contributed by atoms with Crippen LogP contribution in [0.25, 0.3) is 0 Å². The molecule has 0 bridgehead atoms. The number of aliphatic carboxylic acids is 1. The molecule has 0 spiro atoms. The van der Waals surface area contributed by atoms with Crippen LogP contribution in [-0.2, 0) is 4.79 Å². The van der Waals surface area contributed by atoms with Gasteiger partial charge in [-0.25, -0.2) is 0 Å². The summed E-state index contributed by atoms with van der Waals surface area (Å²) in [5, 5.41) is 9.33. The number of carbonyl (C=O) groups is 1. The van der Waals surface area contributed by atoms with Crippen molar-refractivity contribution in [2.75, 3.05) is 13.1 Å². The minimum Gasteiger partial charge on any atom is -0.481 e. The van der Waals surface area contributed by atoms with Crippen molar-refractivity contribution in [3.63, 3.8) is 0 Å². The summed E-state index contributed by atoms with van der Waals surface area (Å²) in [5.74, 6) is -0.362. The van der Waals surface area contributed by atoms with Crippen molar-refractivity contribution in [1.82, 2.24) is 4.90 Å². The Bertz CT molecular complexity index is 248. The predicted molar refractivity (Wildman–Crippen MR) is 54.1 cm³/mol. The Labute approximate surface area is 85.1 Å². The normalized spacial score (nSPS) is 33.9. The SMILES string of the molecule is CC(C)C1(C(=O)O)CCN(C2CC2)C1. The van der Waals surface area contributed by atoms with E-state index >= 15 is 0 Å². The summed E-state index contributed by atoms with van der Waals surface area (Å²) in [4.78, 5) is 13.7. The fraction of sp³-hybridized carbons (Fsp3) is 0.909. The topological polar surface area (TPSA) is 40.5 Å². The molecule has 80 valence electrons. The molecule has 14 heavy (non-hydrogen) atoms. The van der Waals surface area contributed by atoms with Gasteiger partial charge in [0, 0.05) is 12.6 Å². The van der Waals surface area contributed by atoms with E-state index in [1.807, 2.05) is 13.8 Å². The molecule has 1 saturated heterocycles. The molecule has 1 unspecified atom stereocenters. The summed E-state index contributed by atoms with van der Waals surface area (Å²) in [7, 11) is 0. The molecule has 0 radical (unpaired) electrons. The number of rotatable bonds is 3. The highest BCUT2D eigenvalue weighted by molar-refractivity contribution is 5.75. The Morgan fingerprint density at radius 3 is 2.50 bits per heavy atom. The van der Waals surface area contributed by atoms with Crippen molar-refractivity contribution >= 4 is 5.97 Å². The standard InChI is InChI=1S/C11H19NO2/c1-8(2)11(10(13)14)5-6-12(7-11)9-3-4-9/h8-9H,3-7H2,1-2H3,(H,13,14). The monoisotopic (exact) mass is 197 g/mol. The van der Waals surface area contributed by atoms with Crippen LogP contribution in [0.2, 0.25) is 0 Å². The number of carboxylic acid groups (broad SMARTS) is 1. The predicted octanol–water partition coefficient (Wildman–Crippen LogP) is 1.58. The lowest BCUT2D eigenvalue weighted by Gasteiger charge is -2.28. The van der Waals surface area contributed by atoms with Crippen LogP contribution in [0.3, 0.4) is 0 Å². The second-order valence-corrected chi connectivity index (χ2v) is 5.07. The van der Waals surface area contributed by atoms with Crippen LogP contribution in [-0.4, -0.2) is 35.1 Å². The van der Waals surface area contributed by atoms with Crippen LogP contribution in [0.15, 0.2) is 0 Å². The van der Waals surface area contributed by atoms with E-state index in [1.165, 1.54) is 12.8 Å². The fourth-order valence-electron chi connectivity index (χ4n) is 2.51. The van der Waals surface area contributed by atoms with Gasteiger partial charge in [0.15, 0.2) is 0 Å². The van der Waals surface area contributed by atoms with Crippen LogP contribution in [0.5, 0.6) is 0 Å². The quantitative estimate of drug-likeness (QED) is 0.746. The molecule has 0 aromatic heterocycles. The van der Waals surface area contributed by atoms with Crippen LogP contribution in [0.4, 0.5) is 0 Å². The molecule has 1 aliphatic carbocycles. The molecular weight excluding hydrogens is 178 g/mol. The number of nitrogens with zero attached hydrogens (tertiary/aromatic N) is 1. The maximum absolute atomic E-state index is 11.3. The molecule has 0 aromatic rings. The highest BCUT2D eigenvalue weighted by Crippen LogP contribution is 2.42. The van der Waals surface area contributed by atoms with Crippen molar-refractivity contribution in [3.8, 4) is 0 Å². The molecule has 2 fully saturated rings. The second kappa shape index (κ2) is 3.23. The van der Waals surface area contributed by atoms with Crippen molar-refractivity contribution < 1.29 is 9.90 Å². The molecule has 2 aliphatic rings. The maximum atomic E-state index is 11.3. The van der Waals surface area contributed by atoms with E-state index in [2.05, 4.69) is 4.90 Å². The molecule has 3 heteroatoms. The number of hydrogen-bond donors (Lipinski definition) is 1. The third kappa shape index (κ3) is 1.44. The maximum Gasteiger partial charge on any atom is 0.311 e. The van der Waals surface area contributed by atoms with Gasteiger partial charge in [-0.05, 0) is 31.7 Å². The largest absolute Gasteiger partial charge is 0.481 e. The summed E-state index contributed by atoms with van der Waals surface area (Å²) in [5.41, 5.74) is -0.470. The third-order valence-corrected chi connectivity index (χ3v) is 3.92. The van der Waals surface area contributed by atoms with E-state index in [0.717, 1.165) is 19.5 Å². The van der Waals surface area contributed by atoms with E-state index in [-0.39, 0.29) is 5.92 Å². The lowest BCUT2D eigenvalue weighted by atomic mass is 9.76. The molecule has 1 heterocycles. The van der Waals surface area contributed by atoms with Crippen molar-refractivity contribution in [1.29, 1.82) is 0 Å². The molecular formula is C11H19NO2. The first-order chi connectivity index (χ1) is 6.56. The first kappa shape index (κ1) is 9.97. The van der Waals surface area contributed by atoms with Crippen molar-refractivity contribution in [3.05, 3.63) is 0 Å². The van der Waals surface area contributed by atoms with Crippen LogP contribution in [0, 0.1) is 11.3 Å². The molecule has 1 atom stereocenters. The Hall–Kier alpha value is -0.570. The van der Waals surface area contributed by atoms with Crippen LogP contribution in [0.1, 0.15) is 33.1 Å². The lowest BCUT2D eigenvalue weighted by Crippen LogP contribution is -2.39. The fourth-order valence-corrected chi connectivity index (χ4v) is 2.51. The minimum atomic E-state index is -0.601. The zero-order chi connectivity index (χ0) is 10.3. The smallest absolute Gasteiger partial charge is 0.311 e. The van der Waals surface area contributed by atoms with Crippen molar-refractivity contribution in [2.24, 2.45) is 11.3 Å². The Kier molecular flexibility index (Phi) is 2.30. The first-order valence-corrected chi connectivity index (χ1v) is 5.54. The third-order valence-electron chi connectivity index (χ3n) is 3.92. The molecule has 1 saturated carbocycles. The van der Waals surface area contributed by atoms with E-state index in [9.17, 15) is 9.90 Å². The van der Waals surface area contributed by atoms with Crippen LogP contribution < -0.4 is 0 Å². The van der Waals surface area contributed by atoms with Gasteiger partial charge >= 0.3 is 5.97 Å². The summed E-state index contributed by atoms with van der Waals surface area (Å²) >= 11 is 0. The summed E-state index contributed by atoms with van der Waals surface area (Å²) in [6.45, 7) is 5.81. The molecule has 2 rings (SSSR count). The number of likely N-dealkylation sites (tertiary alicyclic amines) is 1. The highest BCUT2D eigenvalue weighted by atomic mass is 16.4. The van der Waals surface area contributed by atoms with E-state index in [0.29, 0.717) is 6.04 Å². The van der Waals surface area contributed by atoms with E-state index in [4.69, 9.17) is 0 Å². The molecule has 3 nitrogen and oxygen atoms in total. The number of hydrogen-bond acceptors (Lipinski definition) is 2. The zero-order valence-electron chi connectivity index (χ0n) is 8.99. The molecule has 0 amide bonds. The van der Waals surface area contributed by atoms with Gasteiger partial charge in [-0.1, -0.05) is 13.8 Å². The lowest BCUT2D eigenvalue weighted by molar-refractivity contribution is -0.151. The molecule has 1 aliphatic heterocycles. The van der Waals surface area contributed by atoms with Crippen molar-refractivity contribution in [2.45, 2.75) is 39.2 Å². The van der Waals surface area contributed by atoms with Gasteiger partial charge < -0.3 is 5.11 Å². The molecule has 1 N–H and O–H groups in total.